The molecule has 2 rings (SSSR count). The Balaban J connectivity index is 1.89. The SMILES string of the molecule is O=C(CCSc1ccccc1Cl)Nc1ccccc1[N+](=O)[O-]. The molecular weight excluding hydrogens is 324 g/mol. The lowest BCUT2D eigenvalue weighted by Crippen LogP contribution is -2.13. The standard InChI is InChI=1S/C15H13ClN2O3S/c16-11-5-1-4-8-14(11)22-10-9-15(19)17-12-6-2-3-7-13(12)18(20)21/h1-8H,9-10H2,(H,17,19). The molecule has 0 aliphatic carbocycles. The third-order valence-corrected chi connectivity index (χ3v) is 4.32. The molecule has 1 N–H and O–H groups in total. The van der Waals surface area contributed by atoms with Gasteiger partial charge in [-0.15, -0.1) is 11.8 Å². The molecule has 0 atom stereocenters. The van der Waals surface area contributed by atoms with Gasteiger partial charge in [0.25, 0.3) is 5.69 Å². The number of carbonyl (C=O) groups excluding carboxylic acids is 1. The molecule has 0 radical (unpaired) electrons. The van der Waals surface area contributed by atoms with Gasteiger partial charge in [-0.3, -0.25) is 14.9 Å². The van der Waals surface area contributed by atoms with Crippen molar-refractivity contribution in [3.8, 4) is 0 Å². The highest BCUT2D eigenvalue weighted by Gasteiger charge is 2.14. The van der Waals surface area contributed by atoms with Crippen molar-refractivity contribution in [3.05, 3.63) is 63.7 Å². The summed E-state index contributed by atoms with van der Waals surface area (Å²) in [5.74, 6) is 0.268. The van der Waals surface area contributed by atoms with E-state index in [1.54, 1.807) is 18.2 Å². The van der Waals surface area contributed by atoms with Crippen LogP contribution in [0, 0.1) is 10.1 Å². The fourth-order valence-corrected chi connectivity index (χ4v) is 2.95. The monoisotopic (exact) mass is 336 g/mol. The highest BCUT2D eigenvalue weighted by Crippen LogP contribution is 2.27. The average molecular weight is 337 g/mol. The summed E-state index contributed by atoms with van der Waals surface area (Å²) in [5.41, 5.74) is 0.0925. The molecule has 0 saturated heterocycles. The second kappa shape index (κ2) is 7.82. The third-order valence-electron chi connectivity index (χ3n) is 2.80. The van der Waals surface area contributed by atoms with E-state index in [4.69, 9.17) is 11.6 Å². The van der Waals surface area contributed by atoms with Gasteiger partial charge in [-0.2, -0.15) is 0 Å². The highest BCUT2D eigenvalue weighted by molar-refractivity contribution is 7.99. The van der Waals surface area contributed by atoms with Gasteiger partial charge in [0, 0.05) is 23.1 Å². The van der Waals surface area contributed by atoms with E-state index < -0.39 is 4.92 Å². The van der Waals surface area contributed by atoms with Crippen molar-refractivity contribution in [1.82, 2.24) is 0 Å². The fourth-order valence-electron chi connectivity index (χ4n) is 1.77. The van der Waals surface area contributed by atoms with Gasteiger partial charge in [-0.1, -0.05) is 35.9 Å². The first-order valence-electron chi connectivity index (χ1n) is 6.48. The Kier molecular flexibility index (Phi) is 5.80. The van der Waals surface area contributed by atoms with Crippen LogP contribution in [0.2, 0.25) is 5.02 Å². The molecule has 0 unspecified atom stereocenters. The number of halogens is 1. The van der Waals surface area contributed by atoms with E-state index in [9.17, 15) is 14.9 Å². The number of anilines is 1. The van der Waals surface area contributed by atoms with Gasteiger partial charge >= 0.3 is 0 Å². The Labute approximate surface area is 136 Å². The van der Waals surface area contributed by atoms with E-state index in [0.29, 0.717) is 10.8 Å². The number of hydrogen-bond acceptors (Lipinski definition) is 4. The first-order valence-corrected chi connectivity index (χ1v) is 7.85. The first-order chi connectivity index (χ1) is 10.6. The molecule has 0 spiro atoms. The quantitative estimate of drug-likeness (QED) is 0.483. The second-order valence-corrected chi connectivity index (χ2v) is 5.90. The van der Waals surface area contributed by atoms with Gasteiger partial charge in [-0.25, -0.2) is 0 Å². The summed E-state index contributed by atoms with van der Waals surface area (Å²) in [6, 6.07) is 13.5. The number of amides is 1. The molecule has 0 heterocycles. The van der Waals surface area contributed by atoms with Gasteiger partial charge in [0.2, 0.25) is 5.91 Å². The number of thioether (sulfide) groups is 1. The molecule has 114 valence electrons. The third kappa shape index (κ3) is 4.47. The van der Waals surface area contributed by atoms with Crippen molar-refractivity contribution in [2.45, 2.75) is 11.3 Å². The van der Waals surface area contributed by atoms with Crippen LogP contribution in [0.5, 0.6) is 0 Å². The molecule has 0 aliphatic rings. The molecule has 7 heteroatoms. The van der Waals surface area contributed by atoms with E-state index in [-0.39, 0.29) is 23.7 Å². The molecule has 2 aromatic rings. The predicted molar refractivity (Wildman–Crippen MR) is 88.5 cm³/mol. The summed E-state index contributed by atoms with van der Waals surface area (Å²) in [6.07, 6.45) is 0.238. The maximum Gasteiger partial charge on any atom is 0.292 e. The number of rotatable bonds is 6. The zero-order valence-corrected chi connectivity index (χ0v) is 13.1. The maximum absolute atomic E-state index is 11.9. The number of nitrogens with one attached hydrogen (secondary N) is 1. The van der Waals surface area contributed by atoms with Crippen molar-refractivity contribution in [3.63, 3.8) is 0 Å². The van der Waals surface area contributed by atoms with Gasteiger partial charge in [0.05, 0.1) is 9.95 Å². The zero-order chi connectivity index (χ0) is 15.9. The fraction of sp³-hybridized carbons (Fsp3) is 0.133. The largest absolute Gasteiger partial charge is 0.320 e. The average Bonchev–Trinajstić information content (AvgIpc) is 2.49. The summed E-state index contributed by atoms with van der Waals surface area (Å²) < 4.78 is 0. The smallest absolute Gasteiger partial charge is 0.292 e. The summed E-state index contributed by atoms with van der Waals surface area (Å²) in [4.78, 5) is 23.1. The van der Waals surface area contributed by atoms with Crippen LogP contribution < -0.4 is 5.32 Å². The summed E-state index contributed by atoms with van der Waals surface area (Å²) in [6.45, 7) is 0. The Morgan fingerprint density at radius 3 is 2.59 bits per heavy atom. The Morgan fingerprint density at radius 2 is 1.86 bits per heavy atom. The first kappa shape index (κ1) is 16.3. The Hall–Kier alpha value is -2.05. The molecule has 0 fully saturated rings. The lowest BCUT2D eigenvalue weighted by atomic mass is 10.2. The van der Waals surface area contributed by atoms with Crippen molar-refractivity contribution < 1.29 is 9.72 Å². The van der Waals surface area contributed by atoms with Crippen molar-refractivity contribution >= 4 is 40.6 Å². The van der Waals surface area contributed by atoms with Crippen LogP contribution in [0.25, 0.3) is 0 Å². The minimum Gasteiger partial charge on any atom is -0.320 e. The molecule has 5 nitrogen and oxygen atoms in total. The minimum atomic E-state index is -0.520. The normalized spacial score (nSPS) is 10.2. The van der Waals surface area contributed by atoms with E-state index in [1.807, 2.05) is 18.2 Å². The second-order valence-electron chi connectivity index (χ2n) is 4.35. The lowest BCUT2D eigenvalue weighted by molar-refractivity contribution is -0.383. The lowest BCUT2D eigenvalue weighted by Gasteiger charge is -2.06. The molecule has 2 aromatic carbocycles. The summed E-state index contributed by atoms with van der Waals surface area (Å²) in [7, 11) is 0. The van der Waals surface area contributed by atoms with E-state index >= 15 is 0 Å². The van der Waals surface area contributed by atoms with Crippen molar-refractivity contribution in [2.24, 2.45) is 0 Å². The summed E-state index contributed by atoms with van der Waals surface area (Å²) in [5, 5.41) is 14.1. The number of benzene rings is 2. The van der Waals surface area contributed by atoms with Gasteiger partial charge in [0.15, 0.2) is 0 Å². The van der Waals surface area contributed by atoms with Crippen LogP contribution in [0.4, 0.5) is 11.4 Å². The Bertz CT molecular complexity index is 694. The van der Waals surface area contributed by atoms with Crippen LogP contribution in [0.3, 0.4) is 0 Å². The molecule has 0 bridgehead atoms. The molecule has 1 amide bonds. The summed E-state index contributed by atoms with van der Waals surface area (Å²) >= 11 is 7.50. The van der Waals surface area contributed by atoms with Crippen LogP contribution in [-0.4, -0.2) is 16.6 Å². The van der Waals surface area contributed by atoms with E-state index in [2.05, 4.69) is 5.32 Å². The van der Waals surface area contributed by atoms with Gasteiger partial charge in [0.1, 0.15) is 5.69 Å². The number of nitro groups is 1. The predicted octanol–water partition coefficient (Wildman–Crippen LogP) is 4.37. The molecule has 0 aromatic heterocycles. The van der Waals surface area contributed by atoms with Crippen molar-refractivity contribution in [1.29, 1.82) is 0 Å². The van der Waals surface area contributed by atoms with E-state index in [0.717, 1.165) is 4.90 Å². The van der Waals surface area contributed by atoms with E-state index in [1.165, 1.54) is 23.9 Å². The molecule has 0 saturated carbocycles. The number of carbonyl (C=O) groups is 1. The number of hydrogen-bond donors (Lipinski definition) is 1. The van der Waals surface area contributed by atoms with Crippen LogP contribution in [0.1, 0.15) is 6.42 Å². The highest BCUT2D eigenvalue weighted by atomic mass is 35.5. The van der Waals surface area contributed by atoms with Crippen LogP contribution in [-0.2, 0) is 4.79 Å². The molecule has 0 aliphatic heterocycles. The van der Waals surface area contributed by atoms with Crippen molar-refractivity contribution in [2.75, 3.05) is 11.1 Å². The number of nitro benzene ring substituents is 1. The molecule has 22 heavy (non-hydrogen) atoms. The van der Waals surface area contributed by atoms with Crippen LogP contribution >= 0.6 is 23.4 Å². The molecular formula is C15H13ClN2O3S. The minimum absolute atomic E-state index is 0.116. The van der Waals surface area contributed by atoms with Gasteiger partial charge in [-0.05, 0) is 18.2 Å². The number of para-hydroxylation sites is 2. The Morgan fingerprint density at radius 1 is 1.18 bits per heavy atom. The zero-order valence-electron chi connectivity index (χ0n) is 11.5. The van der Waals surface area contributed by atoms with Gasteiger partial charge < -0.3 is 5.32 Å². The topological polar surface area (TPSA) is 72.2 Å². The van der Waals surface area contributed by atoms with Crippen LogP contribution in [0.15, 0.2) is 53.4 Å². The number of nitrogens with zero attached hydrogens (tertiary/aromatic N) is 1. The maximum atomic E-state index is 11.9.